The second kappa shape index (κ2) is 10.3. The Bertz CT molecular complexity index is 270. The third-order valence-corrected chi connectivity index (χ3v) is 19.3. The molecule has 0 unspecified atom stereocenters. The van der Waals surface area contributed by atoms with Crippen molar-refractivity contribution in [1.29, 1.82) is 0 Å². The molecule has 1 nitrogen and oxygen atoms in total. The molecule has 1 rings (SSSR count). The zero-order valence-corrected chi connectivity index (χ0v) is 17.6. The number of rotatable bonds is 11. The van der Waals surface area contributed by atoms with Crippen LogP contribution in [0.4, 0.5) is 0 Å². The maximum absolute atomic E-state index is 10.7. The van der Waals surface area contributed by atoms with Crippen molar-refractivity contribution in [3.05, 3.63) is 10.2 Å². The van der Waals surface area contributed by atoms with Crippen LogP contribution in [0, 0.1) is 0 Å². The van der Waals surface area contributed by atoms with Gasteiger partial charge >= 0.3 is 138 Å². The van der Waals surface area contributed by atoms with Crippen molar-refractivity contribution in [2.24, 2.45) is 0 Å². The predicted octanol–water partition coefficient (Wildman–Crippen LogP) is 6.24. The Balaban J connectivity index is 2.81. The number of hydrogen-bond donors (Lipinski definition) is 1. The molecule has 0 amide bonds. The van der Waals surface area contributed by atoms with Gasteiger partial charge in [-0.05, 0) is 0 Å². The Morgan fingerprint density at radius 1 is 0.857 bits per heavy atom. The molecule has 0 aromatic rings. The van der Waals surface area contributed by atoms with Crippen LogP contribution in [-0.4, -0.2) is 29.1 Å². The second-order valence-electron chi connectivity index (χ2n) is 7.32. The van der Waals surface area contributed by atoms with Gasteiger partial charge in [-0.15, -0.1) is 0 Å². The molecule has 0 aromatic heterocycles. The van der Waals surface area contributed by atoms with Crippen LogP contribution in [0.2, 0.25) is 13.3 Å². The van der Waals surface area contributed by atoms with E-state index in [0.29, 0.717) is 0 Å². The van der Waals surface area contributed by atoms with E-state index in [2.05, 4.69) is 30.9 Å². The molecule has 1 aliphatic carbocycles. The molecule has 21 heavy (non-hydrogen) atoms. The molecule has 0 heterocycles. The average molecular weight is 401 g/mol. The SMILES string of the molecule is CCC[CH2][Sn](/[CH]=C/C1(O)CCCC1)([CH2]CCC)[CH2]CCC. The Morgan fingerprint density at radius 2 is 1.29 bits per heavy atom. The fraction of sp³-hybridized carbons (Fsp3) is 0.895. The van der Waals surface area contributed by atoms with Crippen LogP contribution in [0.3, 0.4) is 0 Å². The Labute approximate surface area is 137 Å². The molecule has 0 spiro atoms. The van der Waals surface area contributed by atoms with Crippen molar-refractivity contribution in [3.63, 3.8) is 0 Å². The second-order valence-corrected chi connectivity index (χ2v) is 20.3. The summed E-state index contributed by atoms with van der Waals surface area (Å²) in [7, 11) is 0. The van der Waals surface area contributed by atoms with Crippen molar-refractivity contribution in [2.75, 3.05) is 0 Å². The summed E-state index contributed by atoms with van der Waals surface area (Å²) in [6.07, 6.45) is 14.9. The minimum atomic E-state index is -2.16. The molecule has 1 N–H and O–H groups in total. The van der Waals surface area contributed by atoms with E-state index in [0.717, 1.165) is 12.8 Å². The molecule has 0 radical (unpaired) electrons. The first-order valence-electron chi connectivity index (χ1n) is 9.52. The summed E-state index contributed by atoms with van der Waals surface area (Å²) in [5, 5.41) is 10.7. The summed E-state index contributed by atoms with van der Waals surface area (Å²) in [5.41, 5.74) is -0.438. The Kier molecular flexibility index (Phi) is 9.59. The van der Waals surface area contributed by atoms with Gasteiger partial charge in [-0.1, -0.05) is 0 Å². The van der Waals surface area contributed by atoms with E-state index >= 15 is 0 Å². The molecule has 0 aromatic carbocycles. The first kappa shape index (κ1) is 19.5. The van der Waals surface area contributed by atoms with Crippen molar-refractivity contribution in [3.8, 4) is 0 Å². The standard InChI is InChI=1S/C7H11O.3C4H9.Sn/c1-2-7(8)5-3-4-6-7;3*1-3-4-2;/h1-2,8H,3-6H2;3*1,3-4H2,2H3;. The fourth-order valence-corrected chi connectivity index (χ4v) is 18.2. The predicted molar refractivity (Wildman–Crippen MR) is 97.5 cm³/mol. The van der Waals surface area contributed by atoms with E-state index in [4.69, 9.17) is 0 Å². The quantitative estimate of drug-likeness (QED) is 0.407. The first-order valence-corrected chi connectivity index (χ1v) is 17.2. The molecule has 1 aliphatic rings. The molecule has 0 bridgehead atoms. The molecule has 0 saturated heterocycles. The van der Waals surface area contributed by atoms with Gasteiger partial charge in [0, 0.05) is 0 Å². The van der Waals surface area contributed by atoms with Gasteiger partial charge in [0.15, 0.2) is 0 Å². The molecule has 0 atom stereocenters. The Morgan fingerprint density at radius 3 is 1.67 bits per heavy atom. The molecule has 0 aliphatic heterocycles. The summed E-state index contributed by atoms with van der Waals surface area (Å²) in [6.45, 7) is 6.97. The van der Waals surface area contributed by atoms with Crippen LogP contribution < -0.4 is 0 Å². The number of hydrogen-bond acceptors (Lipinski definition) is 1. The van der Waals surface area contributed by atoms with Gasteiger partial charge < -0.3 is 0 Å². The monoisotopic (exact) mass is 402 g/mol. The average Bonchev–Trinajstić information content (AvgIpc) is 2.93. The van der Waals surface area contributed by atoms with Crippen LogP contribution >= 0.6 is 0 Å². The third-order valence-electron chi connectivity index (χ3n) is 5.30. The summed E-state index contributed by atoms with van der Waals surface area (Å²) in [4.78, 5) is 0. The van der Waals surface area contributed by atoms with E-state index < -0.39 is 24.0 Å². The van der Waals surface area contributed by atoms with Crippen LogP contribution in [0.1, 0.15) is 85.0 Å². The molecule has 124 valence electrons. The zero-order valence-electron chi connectivity index (χ0n) is 14.8. The maximum atomic E-state index is 10.7. The normalized spacial score (nSPS) is 18.7. The van der Waals surface area contributed by atoms with Gasteiger partial charge in [0.2, 0.25) is 0 Å². The van der Waals surface area contributed by atoms with Gasteiger partial charge in [0.05, 0.1) is 0 Å². The van der Waals surface area contributed by atoms with Crippen LogP contribution in [0.25, 0.3) is 0 Å². The summed E-state index contributed by atoms with van der Waals surface area (Å²) < 4.78 is 7.19. The summed E-state index contributed by atoms with van der Waals surface area (Å²) in [6, 6.07) is 0. The van der Waals surface area contributed by atoms with Gasteiger partial charge in [-0.3, -0.25) is 0 Å². The van der Waals surface area contributed by atoms with Gasteiger partial charge in [-0.2, -0.15) is 0 Å². The van der Waals surface area contributed by atoms with Crippen LogP contribution in [0.5, 0.6) is 0 Å². The van der Waals surface area contributed by atoms with Gasteiger partial charge in [-0.25, -0.2) is 0 Å². The molecule has 1 fully saturated rings. The molecular formula is C19H38OSn. The van der Waals surface area contributed by atoms with Crippen molar-refractivity contribution < 1.29 is 5.11 Å². The summed E-state index contributed by atoms with van der Waals surface area (Å²) >= 11 is -2.16. The Hall–Kier alpha value is 0.499. The zero-order chi connectivity index (χ0) is 15.6. The molecular weight excluding hydrogens is 363 g/mol. The molecule has 2 heteroatoms. The van der Waals surface area contributed by atoms with E-state index in [9.17, 15) is 5.11 Å². The van der Waals surface area contributed by atoms with E-state index in [1.165, 1.54) is 64.7 Å². The van der Waals surface area contributed by atoms with Crippen molar-refractivity contribution in [1.82, 2.24) is 0 Å². The van der Waals surface area contributed by atoms with E-state index in [-0.39, 0.29) is 0 Å². The summed E-state index contributed by atoms with van der Waals surface area (Å²) in [5.74, 6) is 0. The molecule has 1 saturated carbocycles. The van der Waals surface area contributed by atoms with Crippen LogP contribution in [0.15, 0.2) is 10.2 Å². The van der Waals surface area contributed by atoms with Gasteiger partial charge in [0.1, 0.15) is 0 Å². The van der Waals surface area contributed by atoms with E-state index in [1.807, 2.05) is 0 Å². The van der Waals surface area contributed by atoms with Crippen LogP contribution in [-0.2, 0) is 0 Å². The van der Waals surface area contributed by atoms with Crippen molar-refractivity contribution >= 4 is 18.4 Å². The topological polar surface area (TPSA) is 20.2 Å². The minimum absolute atomic E-state index is 0.438. The number of unbranched alkanes of at least 4 members (excludes halogenated alkanes) is 3. The first-order chi connectivity index (χ1) is 10.1. The van der Waals surface area contributed by atoms with Crippen molar-refractivity contribution in [2.45, 2.75) is 104 Å². The third kappa shape index (κ3) is 7.07. The fourth-order valence-electron chi connectivity index (χ4n) is 3.70. The van der Waals surface area contributed by atoms with Gasteiger partial charge in [0.25, 0.3) is 0 Å². The number of aliphatic hydroxyl groups is 1. The van der Waals surface area contributed by atoms with E-state index in [1.54, 1.807) is 0 Å².